The molecule has 1 fully saturated rings. The molecule has 1 heterocycles. The number of hydrogen-bond acceptors (Lipinski definition) is 4. The Hall–Kier alpha value is -1.93. The topological polar surface area (TPSA) is 69.0 Å². The third kappa shape index (κ3) is 3.79. The van der Waals surface area contributed by atoms with Gasteiger partial charge in [-0.3, -0.25) is 14.7 Å². The number of nitrogens with one attached hydrogen (secondary N) is 1. The molecule has 112 valence electrons. The van der Waals surface area contributed by atoms with Crippen LogP contribution in [0.4, 0.5) is 0 Å². The summed E-state index contributed by atoms with van der Waals surface area (Å²) in [6.45, 7) is 4.13. The smallest absolute Gasteiger partial charge is 0.235 e. The molecule has 2 rings (SSSR count). The third-order valence-electron chi connectivity index (χ3n) is 4.27. The maximum Gasteiger partial charge on any atom is 0.235 e. The van der Waals surface area contributed by atoms with Crippen LogP contribution in [-0.4, -0.2) is 34.9 Å². The highest BCUT2D eigenvalue weighted by Gasteiger charge is 2.43. The van der Waals surface area contributed by atoms with Gasteiger partial charge in [-0.2, -0.15) is 5.26 Å². The van der Waals surface area contributed by atoms with Crippen LogP contribution in [0.5, 0.6) is 0 Å². The molecule has 0 bridgehead atoms. The number of hydrogen-bond donors (Lipinski definition) is 1. The predicted molar refractivity (Wildman–Crippen MR) is 80.2 cm³/mol. The van der Waals surface area contributed by atoms with Gasteiger partial charge in [0, 0.05) is 18.4 Å². The minimum absolute atomic E-state index is 0.102. The van der Waals surface area contributed by atoms with Crippen LogP contribution in [0.15, 0.2) is 24.5 Å². The van der Waals surface area contributed by atoms with E-state index in [-0.39, 0.29) is 18.5 Å². The predicted octanol–water partition coefficient (Wildman–Crippen LogP) is 1.88. The zero-order valence-corrected chi connectivity index (χ0v) is 12.8. The molecule has 0 radical (unpaired) electrons. The molecule has 1 aliphatic carbocycles. The lowest BCUT2D eigenvalue weighted by atomic mass is 9.98. The van der Waals surface area contributed by atoms with E-state index in [1.807, 2.05) is 37.9 Å². The van der Waals surface area contributed by atoms with E-state index < -0.39 is 5.54 Å². The number of carbonyl (C=O) groups is 1. The number of likely N-dealkylation sites (N-methyl/N-ethyl adjacent to an activating group) is 1. The quantitative estimate of drug-likeness (QED) is 0.867. The van der Waals surface area contributed by atoms with Gasteiger partial charge in [-0.15, -0.1) is 0 Å². The van der Waals surface area contributed by atoms with Crippen molar-refractivity contribution < 1.29 is 4.79 Å². The van der Waals surface area contributed by atoms with Gasteiger partial charge >= 0.3 is 0 Å². The third-order valence-corrected chi connectivity index (χ3v) is 4.27. The van der Waals surface area contributed by atoms with Gasteiger partial charge in [-0.1, -0.05) is 0 Å². The minimum atomic E-state index is -0.724. The Labute approximate surface area is 126 Å². The highest BCUT2D eigenvalue weighted by molar-refractivity contribution is 5.79. The zero-order valence-electron chi connectivity index (χ0n) is 12.8. The second-order valence-electron chi connectivity index (χ2n) is 6.01. The van der Waals surface area contributed by atoms with Crippen molar-refractivity contribution in [2.24, 2.45) is 5.92 Å². The largest absolute Gasteiger partial charge is 0.337 e. The summed E-state index contributed by atoms with van der Waals surface area (Å²) in [5.41, 5.74) is 0.392. The molecular formula is C16H22N4O. The number of pyridine rings is 1. The van der Waals surface area contributed by atoms with Gasteiger partial charge in [-0.25, -0.2) is 0 Å². The average molecular weight is 286 g/mol. The maximum atomic E-state index is 12.2. The lowest BCUT2D eigenvalue weighted by Crippen LogP contribution is -2.50. The van der Waals surface area contributed by atoms with Crippen LogP contribution in [0, 0.1) is 17.2 Å². The van der Waals surface area contributed by atoms with Gasteiger partial charge < -0.3 is 5.32 Å². The fraction of sp³-hybridized carbons (Fsp3) is 0.562. The number of aromatic nitrogens is 1. The molecule has 2 atom stereocenters. The molecule has 1 aliphatic rings. The lowest BCUT2D eigenvalue weighted by Gasteiger charge is -2.27. The van der Waals surface area contributed by atoms with Crippen LogP contribution in [-0.2, 0) is 4.79 Å². The van der Waals surface area contributed by atoms with Gasteiger partial charge in [0.2, 0.25) is 5.91 Å². The van der Waals surface area contributed by atoms with Gasteiger partial charge in [-0.05, 0) is 57.4 Å². The van der Waals surface area contributed by atoms with Gasteiger partial charge in [0.15, 0.2) is 0 Å². The van der Waals surface area contributed by atoms with Gasteiger partial charge in [0.05, 0.1) is 12.6 Å². The second kappa shape index (κ2) is 6.23. The summed E-state index contributed by atoms with van der Waals surface area (Å²) in [7, 11) is 1.91. The van der Waals surface area contributed by atoms with Gasteiger partial charge in [0.1, 0.15) is 5.54 Å². The summed E-state index contributed by atoms with van der Waals surface area (Å²) >= 11 is 0. The number of rotatable bonds is 6. The Balaban J connectivity index is 1.92. The van der Waals surface area contributed by atoms with Gasteiger partial charge in [0.25, 0.3) is 0 Å². The SMILES string of the molecule is C[C@H](c1ccncc1)N(C)CC(=O)N[C@@](C)(C#N)C1CC1. The number of nitrogens with zero attached hydrogens (tertiary/aromatic N) is 3. The van der Waals surface area contributed by atoms with E-state index in [1.165, 1.54) is 0 Å². The molecule has 1 N–H and O–H groups in total. The fourth-order valence-electron chi connectivity index (χ4n) is 2.47. The fourth-order valence-corrected chi connectivity index (χ4v) is 2.47. The standard InChI is InChI=1S/C16H22N4O/c1-12(13-6-8-18-9-7-13)20(3)10-15(21)19-16(2,11-17)14-4-5-14/h6-9,12,14H,4-5,10H2,1-3H3,(H,19,21)/t12-,16+/m1/s1. The second-order valence-corrected chi connectivity index (χ2v) is 6.01. The van der Waals surface area contributed by atoms with E-state index in [0.717, 1.165) is 18.4 Å². The van der Waals surface area contributed by atoms with Crippen LogP contribution >= 0.6 is 0 Å². The van der Waals surface area contributed by atoms with Crippen molar-refractivity contribution in [1.29, 1.82) is 5.26 Å². The molecule has 0 saturated heterocycles. The minimum Gasteiger partial charge on any atom is -0.337 e. The highest BCUT2D eigenvalue weighted by Crippen LogP contribution is 2.39. The molecule has 0 aromatic carbocycles. The molecule has 1 aromatic rings. The molecule has 0 unspecified atom stereocenters. The molecule has 1 amide bonds. The Morgan fingerprint density at radius 1 is 1.57 bits per heavy atom. The van der Waals surface area contributed by atoms with E-state index in [1.54, 1.807) is 12.4 Å². The highest BCUT2D eigenvalue weighted by atomic mass is 16.2. The van der Waals surface area contributed by atoms with Crippen molar-refractivity contribution in [1.82, 2.24) is 15.2 Å². The number of nitriles is 1. The molecule has 5 nitrogen and oxygen atoms in total. The van der Waals surface area contributed by atoms with Crippen molar-refractivity contribution in [3.05, 3.63) is 30.1 Å². The van der Waals surface area contributed by atoms with E-state index in [0.29, 0.717) is 5.92 Å². The molecule has 0 spiro atoms. The first-order chi connectivity index (χ1) is 9.96. The van der Waals surface area contributed by atoms with Crippen molar-refractivity contribution >= 4 is 5.91 Å². The van der Waals surface area contributed by atoms with E-state index in [9.17, 15) is 10.1 Å². The Morgan fingerprint density at radius 2 is 2.19 bits per heavy atom. The van der Waals surface area contributed by atoms with Crippen LogP contribution in [0.3, 0.4) is 0 Å². The monoisotopic (exact) mass is 286 g/mol. The van der Waals surface area contributed by atoms with E-state index >= 15 is 0 Å². The molecule has 1 aromatic heterocycles. The maximum absolute atomic E-state index is 12.2. The number of carbonyl (C=O) groups excluding carboxylic acids is 1. The molecule has 21 heavy (non-hydrogen) atoms. The van der Waals surface area contributed by atoms with Crippen molar-refractivity contribution in [3.63, 3.8) is 0 Å². The Kier molecular flexibility index (Phi) is 4.59. The Morgan fingerprint density at radius 3 is 2.71 bits per heavy atom. The Bertz CT molecular complexity index is 535. The summed E-state index contributed by atoms with van der Waals surface area (Å²) in [6.07, 6.45) is 5.54. The van der Waals surface area contributed by atoms with Crippen molar-refractivity contribution in [3.8, 4) is 6.07 Å². The molecular weight excluding hydrogens is 264 g/mol. The first-order valence-electron chi connectivity index (χ1n) is 7.28. The lowest BCUT2D eigenvalue weighted by molar-refractivity contribution is -0.123. The van der Waals surface area contributed by atoms with Crippen molar-refractivity contribution in [2.75, 3.05) is 13.6 Å². The van der Waals surface area contributed by atoms with E-state index in [2.05, 4.69) is 16.4 Å². The summed E-state index contributed by atoms with van der Waals surface area (Å²) in [5.74, 6) is 0.198. The zero-order chi connectivity index (χ0) is 15.5. The average Bonchev–Trinajstić information content (AvgIpc) is 3.32. The summed E-state index contributed by atoms with van der Waals surface area (Å²) < 4.78 is 0. The number of amides is 1. The van der Waals surface area contributed by atoms with Crippen LogP contribution < -0.4 is 5.32 Å². The summed E-state index contributed by atoms with van der Waals surface area (Å²) in [6, 6.07) is 6.26. The van der Waals surface area contributed by atoms with Crippen LogP contribution in [0.1, 0.15) is 38.3 Å². The van der Waals surface area contributed by atoms with Crippen LogP contribution in [0.25, 0.3) is 0 Å². The first kappa shape index (κ1) is 15.5. The molecule has 1 saturated carbocycles. The molecule has 0 aliphatic heterocycles. The normalized spacial score (nSPS) is 18.6. The summed E-state index contributed by atoms with van der Waals surface area (Å²) in [5, 5.41) is 12.2. The van der Waals surface area contributed by atoms with Crippen LogP contribution in [0.2, 0.25) is 0 Å². The van der Waals surface area contributed by atoms with E-state index in [4.69, 9.17) is 0 Å². The molecule has 5 heteroatoms. The van der Waals surface area contributed by atoms with Crippen molar-refractivity contribution in [2.45, 2.75) is 38.3 Å². The first-order valence-corrected chi connectivity index (χ1v) is 7.28. The summed E-state index contributed by atoms with van der Waals surface area (Å²) in [4.78, 5) is 18.1.